The van der Waals surface area contributed by atoms with Crippen LogP contribution >= 0.6 is 0 Å². The molecule has 6 nitrogen and oxygen atoms in total. The lowest BCUT2D eigenvalue weighted by atomic mass is 10.1. The van der Waals surface area contributed by atoms with Gasteiger partial charge in [-0.3, -0.25) is 15.1 Å². The van der Waals surface area contributed by atoms with Gasteiger partial charge in [-0.2, -0.15) is 0 Å². The summed E-state index contributed by atoms with van der Waals surface area (Å²) in [4.78, 5) is 15.3. The van der Waals surface area contributed by atoms with Gasteiger partial charge in [-0.15, -0.1) is 0 Å². The average Bonchev–Trinajstić information content (AvgIpc) is 3.25. The molecule has 0 saturated heterocycles. The maximum Gasteiger partial charge on any atom is 0.269 e. The van der Waals surface area contributed by atoms with Gasteiger partial charge in [-0.1, -0.05) is 50.3 Å². The number of ether oxygens (including phenoxy) is 1. The molecule has 2 aromatic heterocycles. The van der Waals surface area contributed by atoms with E-state index in [0.29, 0.717) is 12.5 Å². The molecule has 0 saturated carbocycles. The van der Waals surface area contributed by atoms with Gasteiger partial charge in [0, 0.05) is 41.7 Å². The van der Waals surface area contributed by atoms with Crippen molar-refractivity contribution >= 4 is 39.6 Å². The third kappa shape index (κ3) is 5.59. The molecule has 0 aliphatic rings. The van der Waals surface area contributed by atoms with Crippen molar-refractivity contribution in [2.24, 2.45) is 5.92 Å². The van der Waals surface area contributed by atoms with Crippen LogP contribution in [-0.4, -0.2) is 21.1 Å². The first-order valence-electron chi connectivity index (χ1n) is 13.0. The Morgan fingerprint density at radius 3 is 2.50 bits per heavy atom. The quantitative estimate of drug-likeness (QED) is 0.143. The fourth-order valence-electron chi connectivity index (χ4n) is 4.73. The minimum absolute atomic E-state index is 0.0800. The number of non-ortho nitro benzene ring substituents is 1. The first-order valence-corrected chi connectivity index (χ1v) is 13.0. The summed E-state index contributed by atoms with van der Waals surface area (Å²) in [7, 11) is 0. The van der Waals surface area contributed by atoms with E-state index in [2.05, 4.69) is 60.9 Å². The third-order valence-electron chi connectivity index (χ3n) is 6.58. The molecule has 0 bridgehead atoms. The number of nitro groups is 1. The van der Waals surface area contributed by atoms with E-state index < -0.39 is 0 Å². The van der Waals surface area contributed by atoms with Crippen LogP contribution in [0.4, 0.5) is 5.69 Å². The molecule has 5 aromatic rings. The summed E-state index contributed by atoms with van der Waals surface area (Å²) in [6, 6.07) is 25.5. The second kappa shape index (κ2) is 11.3. The Kier molecular flexibility index (Phi) is 7.50. The molecular weight excluding hydrogens is 474 g/mol. The second-order valence-electron chi connectivity index (χ2n) is 9.90. The number of hydrogen-bond donors (Lipinski definition) is 0. The predicted octanol–water partition coefficient (Wildman–Crippen LogP) is 7.94. The van der Waals surface area contributed by atoms with E-state index >= 15 is 0 Å². The molecule has 0 atom stereocenters. The third-order valence-corrected chi connectivity index (χ3v) is 6.58. The van der Waals surface area contributed by atoms with E-state index in [0.717, 1.165) is 52.8 Å². The highest BCUT2D eigenvalue weighted by Gasteiger charge is 2.15. The number of pyridine rings is 1. The lowest BCUT2D eigenvalue weighted by molar-refractivity contribution is -0.384. The maximum absolute atomic E-state index is 11.0. The number of aryl methyl sites for hydroxylation is 2. The summed E-state index contributed by atoms with van der Waals surface area (Å²) in [5.41, 5.74) is 5.36. The van der Waals surface area contributed by atoms with Crippen LogP contribution in [0.2, 0.25) is 0 Å². The normalized spacial score (nSPS) is 11.7. The number of hydrogen-bond acceptors (Lipinski definition) is 4. The van der Waals surface area contributed by atoms with Crippen molar-refractivity contribution in [3.05, 3.63) is 112 Å². The van der Waals surface area contributed by atoms with E-state index in [-0.39, 0.29) is 10.6 Å². The Labute approximate surface area is 222 Å². The van der Waals surface area contributed by atoms with Crippen LogP contribution in [0.25, 0.3) is 34.0 Å². The van der Waals surface area contributed by atoms with E-state index in [1.807, 2.05) is 30.5 Å². The molecule has 0 N–H and O–H groups in total. The minimum atomic E-state index is -0.386. The van der Waals surface area contributed by atoms with Gasteiger partial charge in [-0.05, 0) is 66.3 Å². The smallest absolute Gasteiger partial charge is 0.269 e. The van der Waals surface area contributed by atoms with Crippen LogP contribution in [0.5, 0.6) is 5.75 Å². The molecule has 5 rings (SSSR count). The number of nitro benzene ring substituents is 1. The van der Waals surface area contributed by atoms with Gasteiger partial charge in [0.05, 0.1) is 28.3 Å². The topological polar surface area (TPSA) is 70.2 Å². The summed E-state index contributed by atoms with van der Waals surface area (Å²) < 4.78 is 8.43. The van der Waals surface area contributed by atoms with Crippen molar-refractivity contribution in [2.45, 2.75) is 33.2 Å². The Hall–Kier alpha value is -4.45. The molecular formula is C32H31N3O3. The SMILES string of the molecule is CC(C)COc1ccc2c3ccnc(/C=C/c4ccc([N+](=O)[O-])cc4)c3n(CCCc3ccccc3)c2c1. The zero-order chi connectivity index (χ0) is 26.5. The summed E-state index contributed by atoms with van der Waals surface area (Å²) >= 11 is 0. The van der Waals surface area contributed by atoms with Crippen LogP contribution in [0.3, 0.4) is 0 Å². The first-order chi connectivity index (χ1) is 18.5. The Bertz CT molecular complexity index is 1590. The summed E-state index contributed by atoms with van der Waals surface area (Å²) in [5, 5.41) is 13.3. The summed E-state index contributed by atoms with van der Waals surface area (Å²) in [6.07, 6.45) is 7.76. The molecule has 38 heavy (non-hydrogen) atoms. The van der Waals surface area contributed by atoms with Gasteiger partial charge >= 0.3 is 0 Å². The van der Waals surface area contributed by atoms with Crippen molar-refractivity contribution in [3.63, 3.8) is 0 Å². The molecule has 0 fully saturated rings. The monoisotopic (exact) mass is 505 g/mol. The molecule has 0 aliphatic carbocycles. The van der Waals surface area contributed by atoms with Crippen molar-refractivity contribution in [2.75, 3.05) is 6.61 Å². The number of rotatable bonds is 10. The molecule has 2 heterocycles. The van der Waals surface area contributed by atoms with Crippen molar-refractivity contribution in [1.29, 1.82) is 0 Å². The lowest BCUT2D eigenvalue weighted by Gasteiger charge is -2.11. The van der Waals surface area contributed by atoms with Gasteiger partial charge in [0.15, 0.2) is 0 Å². The number of nitrogens with zero attached hydrogens (tertiary/aromatic N) is 3. The van der Waals surface area contributed by atoms with Crippen LogP contribution < -0.4 is 4.74 Å². The van der Waals surface area contributed by atoms with E-state index in [1.54, 1.807) is 12.1 Å². The molecule has 192 valence electrons. The van der Waals surface area contributed by atoms with Gasteiger partial charge in [0.1, 0.15) is 5.75 Å². The fourth-order valence-corrected chi connectivity index (χ4v) is 4.73. The van der Waals surface area contributed by atoms with Crippen molar-refractivity contribution < 1.29 is 9.66 Å². The Balaban J connectivity index is 1.55. The minimum Gasteiger partial charge on any atom is -0.493 e. The van der Waals surface area contributed by atoms with Crippen LogP contribution in [0.15, 0.2) is 85.1 Å². The highest BCUT2D eigenvalue weighted by atomic mass is 16.6. The maximum atomic E-state index is 11.0. The van der Waals surface area contributed by atoms with Gasteiger partial charge in [0.2, 0.25) is 0 Å². The average molecular weight is 506 g/mol. The van der Waals surface area contributed by atoms with Crippen LogP contribution in [-0.2, 0) is 13.0 Å². The fraction of sp³-hybridized carbons (Fsp3) is 0.219. The van der Waals surface area contributed by atoms with Crippen LogP contribution in [0.1, 0.15) is 37.1 Å². The molecule has 0 unspecified atom stereocenters. The van der Waals surface area contributed by atoms with E-state index in [9.17, 15) is 10.1 Å². The zero-order valence-electron chi connectivity index (χ0n) is 21.7. The molecule has 6 heteroatoms. The Morgan fingerprint density at radius 2 is 1.76 bits per heavy atom. The van der Waals surface area contributed by atoms with Gasteiger partial charge in [0.25, 0.3) is 5.69 Å². The molecule has 0 spiro atoms. The van der Waals surface area contributed by atoms with E-state index in [4.69, 9.17) is 9.72 Å². The Morgan fingerprint density at radius 1 is 0.974 bits per heavy atom. The van der Waals surface area contributed by atoms with Crippen molar-refractivity contribution in [3.8, 4) is 5.75 Å². The van der Waals surface area contributed by atoms with Gasteiger partial charge in [-0.25, -0.2) is 0 Å². The molecule has 3 aromatic carbocycles. The molecule has 0 amide bonds. The highest BCUT2D eigenvalue weighted by Crippen LogP contribution is 2.34. The van der Waals surface area contributed by atoms with E-state index in [1.165, 1.54) is 23.1 Å². The zero-order valence-corrected chi connectivity index (χ0v) is 21.7. The second-order valence-corrected chi connectivity index (χ2v) is 9.90. The largest absolute Gasteiger partial charge is 0.493 e. The van der Waals surface area contributed by atoms with Gasteiger partial charge < -0.3 is 9.30 Å². The van der Waals surface area contributed by atoms with Crippen molar-refractivity contribution in [1.82, 2.24) is 9.55 Å². The number of aromatic nitrogens is 2. The summed E-state index contributed by atoms with van der Waals surface area (Å²) in [5.74, 6) is 1.32. The lowest BCUT2D eigenvalue weighted by Crippen LogP contribution is -2.05. The standard InChI is InChI=1S/C32H31N3O3/c1-23(2)22-38-27-15-16-28-29-18-19-33-30(17-12-25-10-13-26(14-11-25)35(36)37)32(29)34(31(28)21-27)20-6-9-24-7-4-3-5-8-24/h3-5,7-8,10-19,21,23H,6,9,20,22H2,1-2H3/b17-12+. The molecule has 0 radical (unpaired) electrons. The number of benzene rings is 3. The first kappa shape index (κ1) is 25.2. The highest BCUT2D eigenvalue weighted by molar-refractivity contribution is 6.10. The molecule has 0 aliphatic heterocycles. The number of fused-ring (bicyclic) bond motifs is 3. The summed E-state index contributed by atoms with van der Waals surface area (Å²) in [6.45, 7) is 5.81. The predicted molar refractivity (Wildman–Crippen MR) is 154 cm³/mol. The van der Waals surface area contributed by atoms with Crippen LogP contribution in [0, 0.1) is 16.0 Å².